The molecular weight excluding hydrogens is 322 g/mol. The van der Waals surface area contributed by atoms with E-state index in [1.165, 1.54) is 16.8 Å². The minimum Gasteiger partial charge on any atom is -0.366 e. The molecule has 138 valence electrons. The largest absolute Gasteiger partial charge is 0.366 e. The molecule has 1 aliphatic heterocycles. The van der Waals surface area contributed by atoms with Crippen LogP contribution in [0.4, 0.5) is 5.69 Å². The van der Waals surface area contributed by atoms with Crippen molar-refractivity contribution < 1.29 is 4.79 Å². The normalized spacial score (nSPS) is 18.0. The number of aryl methyl sites for hydroxylation is 1. The molecule has 0 N–H and O–H groups in total. The third-order valence-corrected chi connectivity index (χ3v) is 5.09. The minimum atomic E-state index is 0.185. The average Bonchev–Trinajstić information content (AvgIpc) is 2.62. The monoisotopic (exact) mass is 351 g/mol. The summed E-state index contributed by atoms with van der Waals surface area (Å²) >= 11 is 0. The summed E-state index contributed by atoms with van der Waals surface area (Å²) in [5.74, 6) is 0.185. The van der Waals surface area contributed by atoms with Crippen LogP contribution in [-0.2, 0) is 11.3 Å². The number of rotatable bonds is 5. The topological polar surface area (TPSA) is 26.8 Å². The molecule has 4 nitrogen and oxygen atoms in total. The molecule has 3 rings (SSSR count). The summed E-state index contributed by atoms with van der Waals surface area (Å²) in [6.07, 6.45) is 0. The highest BCUT2D eigenvalue weighted by atomic mass is 16.2. The first-order valence-electron chi connectivity index (χ1n) is 9.36. The Morgan fingerprint density at radius 1 is 1.12 bits per heavy atom. The summed E-state index contributed by atoms with van der Waals surface area (Å²) < 4.78 is 0. The average molecular weight is 351 g/mol. The molecule has 1 amide bonds. The van der Waals surface area contributed by atoms with E-state index in [0.717, 1.165) is 19.6 Å². The highest BCUT2D eigenvalue weighted by Crippen LogP contribution is 2.21. The van der Waals surface area contributed by atoms with E-state index in [2.05, 4.69) is 60.0 Å². The molecule has 0 saturated carbocycles. The molecule has 2 aromatic rings. The van der Waals surface area contributed by atoms with Crippen LogP contribution in [0.1, 0.15) is 18.1 Å². The number of piperazine rings is 1. The quantitative estimate of drug-likeness (QED) is 0.828. The zero-order chi connectivity index (χ0) is 18.5. The molecule has 0 aromatic heterocycles. The number of benzene rings is 2. The summed E-state index contributed by atoms with van der Waals surface area (Å²) in [5.41, 5.74) is 3.74. The van der Waals surface area contributed by atoms with Crippen molar-refractivity contribution in [2.45, 2.75) is 26.4 Å². The maximum atomic E-state index is 12.6. The van der Waals surface area contributed by atoms with Crippen LogP contribution in [0.2, 0.25) is 0 Å². The number of hydrogen-bond acceptors (Lipinski definition) is 3. The predicted molar refractivity (Wildman–Crippen MR) is 107 cm³/mol. The second kappa shape index (κ2) is 8.37. The Bertz CT molecular complexity index is 731. The Balaban J connectivity index is 1.53. The minimum absolute atomic E-state index is 0.185. The van der Waals surface area contributed by atoms with Crippen LogP contribution >= 0.6 is 0 Å². The van der Waals surface area contributed by atoms with Gasteiger partial charge >= 0.3 is 0 Å². The predicted octanol–water partition coefficient (Wildman–Crippen LogP) is 3.16. The number of amides is 1. The van der Waals surface area contributed by atoms with Crippen molar-refractivity contribution in [3.63, 3.8) is 0 Å². The molecule has 1 saturated heterocycles. The maximum absolute atomic E-state index is 12.6. The maximum Gasteiger partial charge on any atom is 0.236 e. The summed E-state index contributed by atoms with van der Waals surface area (Å²) in [7, 11) is 1.89. The van der Waals surface area contributed by atoms with Crippen LogP contribution in [0.25, 0.3) is 0 Å². The zero-order valence-electron chi connectivity index (χ0n) is 16.1. The highest BCUT2D eigenvalue weighted by Gasteiger charge is 2.26. The Labute approximate surface area is 157 Å². The van der Waals surface area contributed by atoms with Crippen LogP contribution in [0, 0.1) is 6.92 Å². The Hall–Kier alpha value is -2.33. The van der Waals surface area contributed by atoms with Crippen LogP contribution in [-0.4, -0.2) is 55.0 Å². The van der Waals surface area contributed by atoms with Crippen molar-refractivity contribution in [1.82, 2.24) is 9.80 Å². The molecule has 0 spiro atoms. The number of carbonyl (C=O) groups excluding carboxylic acids is 1. The number of anilines is 1. The van der Waals surface area contributed by atoms with Crippen LogP contribution in [0.5, 0.6) is 0 Å². The van der Waals surface area contributed by atoms with Crippen LogP contribution < -0.4 is 4.90 Å². The van der Waals surface area contributed by atoms with Crippen molar-refractivity contribution >= 4 is 11.6 Å². The molecule has 4 heteroatoms. The van der Waals surface area contributed by atoms with E-state index in [9.17, 15) is 4.79 Å². The SMILES string of the molecule is Cc1cccc(N2CCN(CC(=O)N(C)Cc3ccccc3)C[C@@H]2C)c1. The molecule has 2 aromatic carbocycles. The van der Waals surface area contributed by atoms with Gasteiger partial charge in [0.1, 0.15) is 0 Å². The number of carbonyl (C=O) groups is 1. The van der Waals surface area contributed by atoms with E-state index < -0.39 is 0 Å². The number of nitrogens with zero attached hydrogens (tertiary/aromatic N) is 3. The van der Waals surface area contributed by atoms with Gasteiger partial charge < -0.3 is 9.80 Å². The molecule has 1 heterocycles. The molecule has 1 aliphatic rings. The van der Waals surface area contributed by atoms with Gasteiger partial charge in [0.05, 0.1) is 6.54 Å². The van der Waals surface area contributed by atoms with Gasteiger partial charge in [0, 0.05) is 45.0 Å². The molecule has 1 fully saturated rings. The van der Waals surface area contributed by atoms with E-state index in [1.807, 2.05) is 30.1 Å². The fraction of sp³-hybridized carbons (Fsp3) is 0.409. The molecule has 26 heavy (non-hydrogen) atoms. The molecule has 1 atom stereocenters. The van der Waals surface area contributed by atoms with Gasteiger partial charge in [-0.3, -0.25) is 9.69 Å². The standard InChI is InChI=1S/C22H29N3O/c1-18-8-7-11-21(14-18)25-13-12-24(15-19(25)2)17-22(26)23(3)16-20-9-5-4-6-10-20/h4-11,14,19H,12-13,15-17H2,1-3H3/t19-/m0/s1. The first-order chi connectivity index (χ1) is 12.5. The lowest BCUT2D eigenvalue weighted by Gasteiger charge is -2.41. The number of hydrogen-bond donors (Lipinski definition) is 0. The van der Waals surface area contributed by atoms with E-state index in [-0.39, 0.29) is 5.91 Å². The third kappa shape index (κ3) is 4.64. The van der Waals surface area contributed by atoms with Gasteiger partial charge in [-0.15, -0.1) is 0 Å². The van der Waals surface area contributed by atoms with E-state index in [4.69, 9.17) is 0 Å². The fourth-order valence-corrected chi connectivity index (χ4v) is 3.62. The van der Waals surface area contributed by atoms with Crippen molar-refractivity contribution in [2.24, 2.45) is 0 Å². The zero-order valence-corrected chi connectivity index (χ0v) is 16.1. The van der Waals surface area contributed by atoms with Gasteiger partial charge in [0.2, 0.25) is 5.91 Å². The van der Waals surface area contributed by atoms with E-state index >= 15 is 0 Å². The second-order valence-electron chi connectivity index (χ2n) is 7.35. The lowest BCUT2D eigenvalue weighted by atomic mass is 10.1. The highest BCUT2D eigenvalue weighted by molar-refractivity contribution is 5.78. The van der Waals surface area contributed by atoms with Crippen molar-refractivity contribution in [3.8, 4) is 0 Å². The molecule has 0 radical (unpaired) electrons. The Morgan fingerprint density at radius 2 is 1.88 bits per heavy atom. The van der Waals surface area contributed by atoms with Crippen molar-refractivity contribution in [1.29, 1.82) is 0 Å². The second-order valence-corrected chi connectivity index (χ2v) is 7.35. The summed E-state index contributed by atoms with van der Waals surface area (Å²) in [6.45, 7) is 8.33. The van der Waals surface area contributed by atoms with Crippen molar-refractivity contribution in [3.05, 3.63) is 65.7 Å². The first-order valence-corrected chi connectivity index (χ1v) is 9.36. The molecule has 0 bridgehead atoms. The Kier molecular flexibility index (Phi) is 5.94. The van der Waals surface area contributed by atoms with Gasteiger partial charge in [0.15, 0.2) is 0 Å². The molecule has 0 aliphatic carbocycles. The van der Waals surface area contributed by atoms with Gasteiger partial charge in [-0.05, 0) is 37.1 Å². The van der Waals surface area contributed by atoms with E-state index in [1.54, 1.807) is 0 Å². The number of likely N-dealkylation sites (N-methyl/N-ethyl adjacent to an activating group) is 1. The van der Waals surface area contributed by atoms with Crippen molar-refractivity contribution in [2.75, 3.05) is 38.1 Å². The van der Waals surface area contributed by atoms with Gasteiger partial charge in [-0.1, -0.05) is 42.5 Å². The van der Waals surface area contributed by atoms with Crippen LogP contribution in [0.3, 0.4) is 0 Å². The summed E-state index contributed by atoms with van der Waals surface area (Å²) in [6, 6.07) is 19.2. The lowest BCUT2D eigenvalue weighted by molar-refractivity contribution is -0.131. The van der Waals surface area contributed by atoms with Gasteiger partial charge in [0.25, 0.3) is 0 Å². The lowest BCUT2D eigenvalue weighted by Crippen LogP contribution is -2.54. The summed E-state index contributed by atoms with van der Waals surface area (Å²) in [4.78, 5) is 19.1. The Morgan fingerprint density at radius 3 is 2.58 bits per heavy atom. The molecule has 0 unspecified atom stereocenters. The first kappa shape index (κ1) is 18.5. The third-order valence-electron chi connectivity index (χ3n) is 5.09. The molecular formula is C22H29N3O. The summed E-state index contributed by atoms with van der Waals surface area (Å²) in [5, 5.41) is 0. The van der Waals surface area contributed by atoms with E-state index in [0.29, 0.717) is 19.1 Å². The van der Waals surface area contributed by atoms with Crippen LogP contribution in [0.15, 0.2) is 54.6 Å². The van der Waals surface area contributed by atoms with Gasteiger partial charge in [-0.2, -0.15) is 0 Å². The smallest absolute Gasteiger partial charge is 0.236 e. The fourth-order valence-electron chi connectivity index (χ4n) is 3.62. The van der Waals surface area contributed by atoms with Gasteiger partial charge in [-0.25, -0.2) is 0 Å².